The normalized spacial score (nSPS) is 13.8. The number of nitrogens with zero attached hydrogens (tertiary/aromatic N) is 1. The Labute approximate surface area is 114 Å². The van der Waals surface area contributed by atoms with Crippen molar-refractivity contribution in [1.82, 2.24) is 4.90 Å². The van der Waals surface area contributed by atoms with Gasteiger partial charge in [-0.3, -0.25) is 9.59 Å². The standard InChI is InChI=1S/C15H11NO4/c1-2-20-15(19)16-13(17)11-8-7-9-5-3-4-6-10(9)12(11)14(16)18/h3-8H,2H2,1H3. The number of fused-ring (bicyclic) bond motifs is 3. The molecule has 0 saturated carbocycles. The van der Waals surface area contributed by atoms with Crippen molar-refractivity contribution in [2.75, 3.05) is 6.61 Å². The van der Waals surface area contributed by atoms with Crippen LogP contribution in [0.1, 0.15) is 27.6 Å². The van der Waals surface area contributed by atoms with Gasteiger partial charge < -0.3 is 4.74 Å². The highest BCUT2D eigenvalue weighted by Crippen LogP contribution is 2.30. The lowest BCUT2D eigenvalue weighted by atomic mass is 10.0. The summed E-state index contributed by atoms with van der Waals surface area (Å²) in [5, 5.41) is 1.51. The van der Waals surface area contributed by atoms with Crippen LogP contribution >= 0.6 is 0 Å². The molecule has 0 saturated heterocycles. The Balaban J connectivity index is 2.18. The van der Waals surface area contributed by atoms with E-state index in [4.69, 9.17) is 4.74 Å². The SMILES string of the molecule is CCOC(=O)N1C(=O)c2ccc3ccccc3c2C1=O. The van der Waals surface area contributed by atoms with E-state index >= 15 is 0 Å². The maximum absolute atomic E-state index is 12.3. The van der Waals surface area contributed by atoms with Gasteiger partial charge >= 0.3 is 6.09 Å². The fraction of sp³-hybridized carbons (Fsp3) is 0.133. The monoisotopic (exact) mass is 269 g/mol. The van der Waals surface area contributed by atoms with Gasteiger partial charge in [-0.25, -0.2) is 4.79 Å². The predicted octanol–water partition coefficient (Wildman–Crippen LogP) is 2.59. The fourth-order valence-electron chi connectivity index (χ4n) is 2.36. The minimum absolute atomic E-state index is 0.104. The molecule has 0 radical (unpaired) electrons. The second kappa shape index (κ2) is 4.45. The molecule has 20 heavy (non-hydrogen) atoms. The number of hydrogen-bond donors (Lipinski definition) is 0. The number of rotatable bonds is 1. The smallest absolute Gasteiger partial charge is 0.424 e. The van der Waals surface area contributed by atoms with Gasteiger partial charge in [-0.1, -0.05) is 30.3 Å². The van der Waals surface area contributed by atoms with Crippen LogP contribution in [0, 0.1) is 0 Å². The Kier molecular flexibility index (Phi) is 2.75. The Morgan fingerprint density at radius 1 is 1.10 bits per heavy atom. The topological polar surface area (TPSA) is 63.7 Å². The van der Waals surface area contributed by atoms with Crippen LogP contribution in [-0.4, -0.2) is 29.4 Å². The molecule has 0 aromatic heterocycles. The summed E-state index contributed by atoms with van der Waals surface area (Å²) in [5.41, 5.74) is 0.503. The van der Waals surface area contributed by atoms with Crippen molar-refractivity contribution in [2.24, 2.45) is 0 Å². The summed E-state index contributed by atoms with van der Waals surface area (Å²) >= 11 is 0. The van der Waals surface area contributed by atoms with Crippen molar-refractivity contribution >= 4 is 28.7 Å². The van der Waals surface area contributed by atoms with Gasteiger partial charge in [0.05, 0.1) is 17.7 Å². The molecule has 5 nitrogen and oxygen atoms in total. The molecule has 5 heteroatoms. The molecular weight excluding hydrogens is 258 g/mol. The van der Waals surface area contributed by atoms with Crippen LogP contribution < -0.4 is 0 Å². The van der Waals surface area contributed by atoms with E-state index in [1.807, 2.05) is 12.1 Å². The zero-order chi connectivity index (χ0) is 14.3. The van der Waals surface area contributed by atoms with Crippen LogP contribution in [0.4, 0.5) is 4.79 Å². The average Bonchev–Trinajstić information content (AvgIpc) is 2.71. The van der Waals surface area contributed by atoms with Crippen molar-refractivity contribution in [2.45, 2.75) is 6.92 Å². The number of carbonyl (C=O) groups is 3. The minimum atomic E-state index is -0.928. The van der Waals surface area contributed by atoms with E-state index in [1.165, 1.54) is 0 Å². The Morgan fingerprint density at radius 3 is 2.60 bits per heavy atom. The molecule has 0 aliphatic carbocycles. The van der Waals surface area contributed by atoms with Gasteiger partial charge in [-0.15, -0.1) is 0 Å². The third-order valence-electron chi connectivity index (χ3n) is 3.23. The maximum Gasteiger partial charge on any atom is 0.424 e. The van der Waals surface area contributed by atoms with Crippen LogP contribution in [0.3, 0.4) is 0 Å². The number of imide groups is 3. The van der Waals surface area contributed by atoms with Crippen LogP contribution in [0.15, 0.2) is 36.4 Å². The minimum Gasteiger partial charge on any atom is -0.449 e. The van der Waals surface area contributed by atoms with Crippen molar-refractivity contribution in [3.05, 3.63) is 47.5 Å². The van der Waals surface area contributed by atoms with Gasteiger partial charge in [-0.2, -0.15) is 4.90 Å². The van der Waals surface area contributed by atoms with Gasteiger partial charge in [0, 0.05) is 0 Å². The first-order valence-electron chi connectivity index (χ1n) is 6.22. The molecule has 1 heterocycles. The lowest BCUT2D eigenvalue weighted by Gasteiger charge is -2.10. The third-order valence-corrected chi connectivity index (χ3v) is 3.23. The molecule has 100 valence electrons. The molecule has 0 N–H and O–H groups in total. The van der Waals surface area contributed by atoms with Crippen molar-refractivity contribution in [1.29, 1.82) is 0 Å². The largest absolute Gasteiger partial charge is 0.449 e. The summed E-state index contributed by atoms with van der Waals surface area (Å²) < 4.78 is 4.76. The van der Waals surface area contributed by atoms with E-state index in [9.17, 15) is 14.4 Å². The van der Waals surface area contributed by atoms with E-state index in [0.29, 0.717) is 10.3 Å². The summed E-state index contributed by atoms with van der Waals surface area (Å²) in [5.74, 6) is -1.26. The number of amides is 3. The van der Waals surface area contributed by atoms with Crippen LogP contribution in [0.25, 0.3) is 10.8 Å². The number of hydrogen-bond acceptors (Lipinski definition) is 4. The quantitative estimate of drug-likeness (QED) is 0.746. The van der Waals surface area contributed by atoms with Gasteiger partial charge in [0.15, 0.2) is 0 Å². The Morgan fingerprint density at radius 2 is 1.85 bits per heavy atom. The van der Waals surface area contributed by atoms with E-state index in [1.54, 1.807) is 31.2 Å². The fourth-order valence-corrected chi connectivity index (χ4v) is 2.36. The second-order valence-electron chi connectivity index (χ2n) is 4.35. The first-order chi connectivity index (χ1) is 9.65. The van der Waals surface area contributed by atoms with Gasteiger partial charge in [0.25, 0.3) is 11.8 Å². The molecule has 0 fully saturated rings. The summed E-state index contributed by atoms with van der Waals surface area (Å²) in [6.45, 7) is 1.72. The van der Waals surface area contributed by atoms with Crippen LogP contribution in [0.5, 0.6) is 0 Å². The highest BCUT2D eigenvalue weighted by atomic mass is 16.6. The second-order valence-corrected chi connectivity index (χ2v) is 4.35. The average molecular weight is 269 g/mol. The third kappa shape index (κ3) is 1.60. The van der Waals surface area contributed by atoms with Crippen LogP contribution in [0.2, 0.25) is 0 Å². The molecule has 1 aliphatic rings. The Hall–Kier alpha value is -2.69. The lowest BCUT2D eigenvalue weighted by molar-refractivity contribution is 0.0597. The van der Waals surface area contributed by atoms with E-state index in [-0.39, 0.29) is 17.7 Å². The van der Waals surface area contributed by atoms with Crippen molar-refractivity contribution in [3.8, 4) is 0 Å². The molecule has 2 aromatic carbocycles. The number of benzene rings is 2. The molecule has 0 bridgehead atoms. The maximum atomic E-state index is 12.3. The predicted molar refractivity (Wildman–Crippen MR) is 71.5 cm³/mol. The number of ether oxygens (including phenoxy) is 1. The van der Waals surface area contributed by atoms with E-state index < -0.39 is 17.9 Å². The van der Waals surface area contributed by atoms with E-state index in [2.05, 4.69) is 0 Å². The van der Waals surface area contributed by atoms with Gasteiger partial charge in [0.2, 0.25) is 0 Å². The first kappa shape index (κ1) is 12.3. The molecule has 2 aromatic rings. The Bertz CT molecular complexity index is 751. The number of carbonyl (C=O) groups excluding carboxylic acids is 3. The summed E-state index contributed by atoms with van der Waals surface area (Å²) in [6, 6.07) is 10.6. The molecule has 1 aliphatic heterocycles. The van der Waals surface area contributed by atoms with Crippen LogP contribution in [-0.2, 0) is 4.74 Å². The summed E-state index contributed by atoms with van der Waals surface area (Å²) in [7, 11) is 0. The van der Waals surface area contributed by atoms with Gasteiger partial charge in [0.1, 0.15) is 0 Å². The summed E-state index contributed by atoms with van der Waals surface area (Å²) in [6.07, 6.45) is -0.928. The molecular formula is C15H11NO4. The van der Waals surface area contributed by atoms with E-state index in [0.717, 1.165) is 5.39 Å². The zero-order valence-electron chi connectivity index (χ0n) is 10.8. The summed E-state index contributed by atoms with van der Waals surface area (Å²) in [4.78, 5) is 36.8. The first-order valence-corrected chi connectivity index (χ1v) is 6.22. The zero-order valence-corrected chi connectivity index (χ0v) is 10.8. The molecule has 0 atom stereocenters. The molecule has 0 unspecified atom stereocenters. The molecule has 0 spiro atoms. The highest BCUT2D eigenvalue weighted by molar-refractivity contribution is 6.31. The molecule has 3 amide bonds. The van der Waals surface area contributed by atoms with Crippen molar-refractivity contribution < 1.29 is 19.1 Å². The van der Waals surface area contributed by atoms with Gasteiger partial charge in [-0.05, 0) is 23.8 Å². The highest BCUT2D eigenvalue weighted by Gasteiger charge is 2.41. The molecule has 3 rings (SSSR count). The van der Waals surface area contributed by atoms with Crippen molar-refractivity contribution in [3.63, 3.8) is 0 Å². The lowest BCUT2D eigenvalue weighted by Crippen LogP contribution is -2.36.